The number of hydrogen-bond donors (Lipinski definition) is 2. The molecule has 2 amide bonds. The molecule has 0 fully saturated rings. The molecule has 118 valence electrons. The number of nitrogens with one attached hydrogen (secondary N) is 2. The van der Waals surface area contributed by atoms with E-state index in [-0.39, 0.29) is 17.9 Å². The lowest BCUT2D eigenvalue weighted by Crippen LogP contribution is -2.41. The van der Waals surface area contributed by atoms with Gasteiger partial charge in [0.05, 0.1) is 18.4 Å². The molecule has 22 heavy (non-hydrogen) atoms. The van der Waals surface area contributed by atoms with Crippen LogP contribution in [-0.2, 0) is 14.3 Å². The Balaban J connectivity index is 2.97. The molecule has 2 N–H and O–H groups in total. The first-order valence-electron chi connectivity index (χ1n) is 6.43. The summed E-state index contributed by atoms with van der Waals surface area (Å²) >= 11 is 3.16. The summed E-state index contributed by atoms with van der Waals surface area (Å²) in [5.74, 6) is -1.36. The quantitative estimate of drug-likeness (QED) is 0.753. The van der Waals surface area contributed by atoms with Crippen molar-refractivity contribution in [2.75, 3.05) is 12.4 Å². The van der Waals surface area contributed by atoms with E-state index >= 15 is 0 Å². The normalized spacial score (nSPS) is 11.2. The van der Waals surface area contributed by atoms with Crippen molar-refractivity contribution in [3.63, 3.8) is 0 Å². The second kappa shape index (κ2) is 8.33. The molecule has 0 aromatic heterocycles. The van der Waals surface area contributed by atoms with Gasteiger partial charge in [-0.1, -0.05) is 34.6 Å². The molecule has 0 bridgehead atoms. The largest absolute Gasteiger partial charge is 0.467 e. The van der Waals surface area contributed by atoms with Crippen LogP contribution in [0.3, 0.4) is 0 Å². The summed E-state index contributed by atoms with van der Waals surface area (Å²) in [6.07, 6.45) is 0.195. The van der Waals surface area contributed by atoms with Gasteiger partial charge in [0.15, 0.2) is 0 Å². The number of esters is 1. The topological polar surface area (TPSA) is 84.5 Å². The molecule has 0 aliphatic rings. The van der Waals surface area contributed by atoms with Crippen molar-refractivity contribution in [3.05, 3.63) is 40.9 Å². The average molecular weight is 369 g/mol. The Morgan fingerprint density at radius 3 is 2.50 bits per heavy atom. The monoisotopic (exact) mass is 368 g/mol. The van der Waals surface area contributed by atoms with Crippen LogP contribution in [0.15, 0.2) is 35.3 Å². The maximum atomic E-state index is 12.3. The van der Waals surface area contributed by atoms with Crippen LogP contribution in [0.2, 0.25) is 0 Å². The highest BCUT2D eigenvalue weighted by Crippen LogP contribution is 2.17. The third-order valence-electron chi connectivity index (χ3n) is 2.70. The Bertz CT molecular complexity index is 601. The first-order chi connectivity index (χ1) is 10.3. The van der Waals surface area contributed by atoms with Crippen molar-refractivity contribution in [3.8, 4) is 0 Å². The summed E-state index contributed by atoms with van der Waals surface area (Å²) in [5, 5.41) is 5.14. The van der Waals surface area contributed by atoms with E-state index in [1.165, 1.54) is 14.0 Å². The van der Waals surface area contributed by atoms with E-state index in [2.05, 4.69) is 37.9 Å². The molecule has 0 saturated carbocycles. The number of benzene rings is 1. The van der Waals surface area contributed by atoms with E-state index in [1.54, 1.807) is 24.3 Å². The van der Waals surface area contributed by atoms with Crippen LogP contribution >= 0.6 is 15.9 Å². The number of ether oxygens (including phenoxy) is 1. The summed E-state index contributed by atoms with van der Waals surface area (Å²) in [6, 6.07) is 5.65. The van der Waals surface area contributed by atoms with Gasteiger partial charge in [0.2, 0.25) is 5.91 Å². The van der Waals surface area contributed by atoms with Gasteiger partial charge in [0, 0.05) is 13.3 Å². The molecular formula is C15H17BrN2O4. The minimum absolute atomic E-state index is 0.195. The molecule has 1 rings (SSSR count). The lowest BCUT2D eigenvalue weighted by atomic mass is 10.1. The van der Waals surface area contributed by atoms with Crippen molar-refractivity contribution < 1.29 is 19.1 Å². The molecule has 7 heteroatoms. The second-order valence-corrected chi connectivity index (χ2v) is 5.62. The Hall–Kier alpha value is -2.15. The third-order valence-corrected chi connectivity index (χ3v) is 3.02. The summed E-state index contributed by atoms with van der Waals surface area (Å²) in [4.78, 5) is 35.2. The number of carbonyl (C=O) groups is 3. The number of carbonyl (C=O) groups excluding carboxylic acids is 3. The molecule has 1 aromatic rings. The number of rotatable bonds is 6. The van der Waals surface area contributed by atoms with Crippen LogP contribution in [0, 0.1) is 0 Å². The summed E-state index contributed by atoms with van der Waals surface area (Å²) < 4.78 is 5.21. The van der Waals surface area contributed by atoms with E-state index in [0.29, 0.717) is 10.2 Å². The minimum atomic E-state index is -0.866. The van der Waals surface area contributed by atoms with E-state index in [0.717, 1.165) is 0 Å². The highest BCUT2D eigenvalue weighted by atomic mass is 79.9. The number of para-hydroxylation sites is 1. The Morgan fingerprint density at radius 1 is 1.32 bits per heavy atom. The van der Waals surface area contributed by atoms with E-state index in [4.69, 9.17) is 0 Å². The summed E-state index contributed by atoms with van der Waals surface area (Å²) in [5.41, 5.74) is 0.626. The molecule has 1 aromatic carbocycles. The van der Waals surface area contributed by atoms with Crippen molar-refractivity contribution in [2.24, 2.45) is 0 Å². The number of amides is 2. The molecule has 0 spiro atoms. The molecule has 0 heterocycles. The maximum absolute atomic E-state index is 12.3. The smallest absolute Gasteiger partial charge is 0.328 e. The van der Waals surface area contributed by atoms with E-state index in [1.807, 2.05) is 0 Å². The van der Waals surface area contributed by atoms with Crippen LogP contribution in [0.5, 0.6) is 0 Å². The zero-order valence-corrected chi connectivity index (χ0v) is 13.9. The SMILES string of the molecule is C=C(Br)C[C@@H](NC(=O)c1ccccc1NC(C)=O)C(=O)OC. The molecular weight excluding hydrogens is 352 g/mol. The molecule has 0 unspecified atom stereocenters. The standard InChI is InChI=1S/C15H17BrN2O4/c1-9(16)8-13(15(21)22-3)18-14(20)11-6-4-5-7-12(11)17-10(2)19/h4-7,13H,1,8H2,2-3H3,(H,17,19)(H,18,20)/t13-/m1/s1. The van der Waals surface area contributed by atoms with E-state index < -0.39 is 17.9 Å². The van der Waals surface area contributed by atoms with Gasteiger partial charge in [-0.05, 0) is 16.6 Å². The van der Waals surface area contributed by atoms with Crippen LogP contribution in [-0.4, -0.2) is 30.9 Å². The van der Waals surface area contributed by atoms with Gasteiger partial charge >= 0.3 is 5.97 Å². The fraction of sp³-hybridized carbons (Fsp3) is 0.267. The fourth-order valence-corrected chi connectivity index (χ4v) is 2.10. The van der Waals surface area contributed by atoms with Gasteiger partial charge in [-0.15, -0.1) is 0 Å². The molecule has 0 aliphatic heterocycles. The van der Waals surface area contributed by atoms with Gasteiger partial charge in [0.25, 0.3) is 5.91 Å². The molecule has 0 radical (unpaired) electrons. The Labute approximate surface area is 137 Å². The lowest BCUT2D eigenvalue weighted by molar-refractivity contribution is -0.142. The van der Waals surface area contributed by atoms with Gasteiger partial charge in [0.1, 0.15) is 6.04 Å². The second-order valence-electron chi connectivity index (χ2n) is 4.50. The van der Waals surface area contributed by atoms with Gasteiger partial charge < -0.3 is 15.4 Å². The maximum Gasteiger partial charge on any atom is 0.328 e. The van der Waals surface area contributed by atoms with Crippen LogP contribution in [0.4, 0.5) is 5.69 Å². The molecule has 6 nitrogen and oxygen atoms in total. The predicted molar refractivity (Wildman–Crippen MR) is 86.7 cm³/mol. The number of methoxy groups -OCH3 is 1. The van der Waals surface area contributed by atoms with Crippen molar-refractivity contribution in [1.29, 1.82) is 0 Å². The average Bonchev–Trinajstić information content (AvgIpc) is 2.45. The van der Waals surface area contributed by atoms with Gasteiger partial charge in [-0.3, -0.25) is 9.59 Å². The van der Waals surface area contributed by atoms with Crippen molar-refractivity contribution in [1.82, 2.24) is 5.32 Å². The Morgan fingerprint density at radius 2 is 1.95 bits per heavy atom. The predicted octanol–water partition coefficient (Wildman–Crippen LogP) is 2.22. The van der Waals surface area contributed by atoms with Gasteiger partial charge in [-0.2, -0.15) is 0 Å². The third kappa shape index (κ3) is 5.33. The zero-order valence-electron chi connectivity index (χ0n) is 12.3. The minimum Gasteiger partial charge on any atom is -0.467 e. The molecule has 0 aliphatic carbocycles. The first-order valence-corrected chi connectivity index (χ1v) is 7.23. The highest BCUT2D eigenvalue weighted by molar-refractivity contribution is 9.11. The van der Waals surface area contributed by atoms with Crippen molar-refractivity contribution in [2.45, 2.75) is 19.4 Å². The van der Waals surface area contributed by atoms with Crippen LogP contribution in [0.25, 0.3) is 0 Å². The van der Waals surface area contributed by atoms with E-state index in [9.17, 15) is 14.4 Å². The fourth-order valence-electron chi connectivity index (χ4n) is 1.77. The number of hydrogen-bond acceptors (Lipinski definition) is 4. The number of halogens is 1. The lowest BCUT2D eigenvalue weighted by Gasteiger charge is -2.17. The van der Waals surface area contributed by atoms with Crippen LogP contribution < -0.4 is 10.6 Å². The van der Waals surface area contributed by atoms with Gasteiger partial charge in [-0.25, -0.2) is 4.79 Å². The van der Waals surface area contributed by atoms with Crippen molar-refractivity contribution >= 4 is 39.4 Å². The first kappa shape index (κ1) is 17.9. The van der Waals surface area contributed by atoms with Crippen LogP contribution in [0.1, 0.15) is 23.7 Å². The Kier molecular flexibility index (Phi) is 6.78. The molecule has 1 atom stereocenters. The summed E-state index contributed by atoms with van der Waals surface area (Å²) in [7, 11) is 1.24. The summed E-state index contributed by atoms with van der Waals surface area (Å²) in [6.45, 7) is 5.00. The highest BCUT2D eigenvalue weighted by Gasteiger charge is 2.23. The molecule has 0 saturated heterocycles. The number of anilines is 1. The zero-order chi connectivity index (χ0) is 16.7.